The molecule has 37 heavy (non-hydrogen) atoms. The van der Waals surface area contributed by atoms with Crippen LogP contribution in [0.15, 0.2) is 53.3 Å². The standard InChI is InChI=1S/C31H35N3O3/c1-2-3-12-26-32-29(35)27(30(36)33-18-17-23(19-33)20-8-5-4-6-9-20)31(37)34(26)28-24(21-13-14-21)10-7-11-25(28)22-15-16-22/h4-11,21-23,37H,2-3,12-19H2,1H3/t23-/m0/s1. The number of para-hydroxylation sites is 1. The number of aryl methyl sites for hydroxylation is 1. The second-order valence-electron chi connectivity index (χ2n) is 11.0. The summed E-state index contributed by atoms with van der Waals surface area (Å²) in [5.41, 5.74) is 3.74. The zero-order valence-electron chi connectivity index (χ0n) is 21.5. The van der Waals surface area contributed by atoms with E-state index in [1.54, 1.807) is 9.47 Å². The number of benzene rings is 2. The van der Waals surface area contributed by atoms with Crippen LogP contribution in [0.25, 0.3) is 5.69 Å². The Balaban J connectivity index is 1.44. The molecular weight excluding hydrogens is 462 g/mol. The van der Waals surface area contributed by atoms with E-state index in [0.29, 0.717) is 37.2 Å². The minimum Gasteiger partial charge on any atom is -0.493 e. The van der Waals surface area contributed by atoms with Gasteiger partial charge in [0.2, 0.25) is 5.88 Å². The van der Waals surface area contributed by atoms with Crippen LogP contribution in [0.5, 0.6) is 5.88 Å². The van der Waals surface area contributed by atoms with Gasteiger partial charge in [-0.15, -0.1) is 0 Å². The van der Waals surface area contributed by atoms with Crippen LogP contribution in [0, 0.1) is 0 Å². The maximum absolute atomic E-state index is 13.7. The summed E-state index contributed by atoms with van der Waals surface area (Å²) in [5, 5.41) is 11.7. The zero-order chi connectivity index (χ0) is 25.5. The number of carbonyl (C=O) groups is 1. The van der Waals surface area contributed by atoms with E-state index in [0.717, 1.165) is 50.6 Å². The molecule has 1 N–H and O–H groups in total. The van der Waals surface area contributed by atoms with Gasteiger partial charge in [0.15, 0.2) is 5.56 Å². The van der Waals surface area contributed by atoms with Crippen LogP contribution < -0.4 is 5.56 Å². The zero-order valence-corrected chi connectivity index (χ0v) is 21.5. The van der Waals surface area contributed by atoms with Crippen molar-refractivity contribution in [2.24, 2.45) is 0 Å². The lowest BCUT2D eigenvalue weighted by molar-refractivity contribution is 0.0784. The van der Waals surface area contributed by atoms with Crippen molar-refractivity contribution in [1.82, 2.24) is 14.5 Å². The van der Waals surface area contributed by atoms with Gasteiger partial charge in [0.05, 0.1) is 5.69 Å². The topological polar surface area (TPSA) is 75.4 Å². The Bertz CT molecular complexity index is 1340. The molecule has 3 aliphatic rings. The monoisotopic (exact) mass is 497 g/mol. The minimum atomic E-state index is -0.620. The molecule has 6 nitrogen and oxygen atoms in total. The van der Waals surface area contributed by atoms with E-state index < -0.39 is 11.5 Å². The van der Waals surface area contributed by atoms with Crippen molar-refractivity contribution in [1.29, 1.82) is 0 Å². The van der Waals surface area contributed by atoms with Gasteiger partial charge in [-0.25, -0.2) is 0 Å². The number of aromatic hydroxyl groups is 1. The Morgan fingerprint density at radius 1 is 0.946 bits per heavy atom. The van der Waals surface area contributed by atoms with Crippen LogP contribution >= 0.6 is 0 Å². The molecule has 1 aliphatic heterocycles. The highest BCUT2D eigenvalue weighted by atomic mass is 16.3. The molecule has 3 aromatic rings. The van der Waals surface area contributed by atoms with Crippen molar-refractivity contribution in [2.75, 3.05) is 13.1 Å². The van der Waals surface area contributed by atoms with E-state index >= 15 is 0 Å². The minimum absolute atomic E-state index is 0.193. The van der Waals surface area contributed by atoms with Gasteiger partial charge < -0.3 is 10.0 Å². The van der Waals surface area contributed by atoms with Crippen LogP contribution in [0.3, 0.4) is 0 Å². The number of hydrogen-bond acceptors (Lipinski definition) is 4. The van der Waals surface area contributed by atoms with Gasteiger partial charge in [-0.3, -0.25) is 14.2 Å². The lowest BCUT2D eigenvalue weighted by Gasteiger charge is -2.24. The number of unbranched alkanes of at least 4 members (excludes halogenated alkanes) is 1. The largest absolute Gasteiger partial charge is 0.493 e. The number of nitrogens with zero attached hydrogens (tertiary/aromatic N) is 3. The van der Waals surface area contributed by atoms with Crippen LogP contribution in [0.1, 0.15) is 102 Å². The first-order chi connectivity index (χ1) is 18.1. The molecule has 1 atom stereocenters. The summed E-state index contributed by atoms with van der Waals surface area (Å²) in [6, 6.07) is 16.6. The van der Waals surface area contributed by atoms with E-state index in [4.69, 9.17) is 0 Å². The maximum Gasteiger partial charge on any atom is 0.289 e. The Hall–Kier alpha value is -3.41. The Kier molecular flexibility index (Phi) is 6.35. The summed E-state index contributed by atoms with van der Waals surface area (Å²) >= 11 is 0. The predicted molar refractivity (Wildman–Crippen MR) is 144 cm³/mol. The maximum atomic E-state index is 13.7. The summed E-state index contributed by atoms with van der Waals surface area (Å²) in [6.07, 6.45) is 7.72. The third kappa shape index (κ3) is 4.58. The average molecular weight is 498 g/mol. The molecular formula is C31H35N3O3. The summed E-state index contributed by atoms with van der Waals surface area (Å²) < 4.78 is 1.77. The second kappa shape index (κ2) is 9.81. The number of carbonyl (C=O) groups excluding carboxylic acids is 1. The van der Waals surface area contributed by atoms with E-state index in [9.17, 15) is 14.7 Å². The van der Waals surface area contributed by atoms with Gasteiger partial charge >= 0.3 is 0 Å². The molecule has 2 saturated carbocycles. The van der Waals surface area contributed by atoms with E-state index in [2.05, 4.69) is 42.2 Å². The third-order valence-electron chi connectivity index (χ3n) is 8.21. The van der Waals surface area contributed by atoms with E-state index in [1.165, 1.54) is 16.7 Å². The number of rotatable bonds is 8. The van der Waals surface area contributed by atoms with Gasteiger partial charge in [0.1, 0.15) is 5.82 Å². The lowest BCUT2D eigenvalue weighted by atomic mass is 9.99. The van der Waals surface area contributed by atoms with E-state index in [-0.39, 0.29) is 17.4 Å². The summed E-state index contributed by atoms with van der Waals surface area (Å²) in [4.78, 5) is 33.2. The Labute approximate surface area is 218 Å². The molecule has 0 unspecified atom stereocenters. The highest BCUT2D eigenvalue weighted by molar-refractivity contribution is 5.96. The molecule has 0 bridgehead atoms. The molecule has 6 rings (SSSR count). The van der Waals surface area contributed by atoms with Gasteiger partial charge in [0.25, 0.3) is 11.5 Å². The Morgan fingerprint density at radius 3 is 2.24 bits per heavy atom. The first-order valence-electron chi connectivity index (χ1n) is 13.9. The molecule has 3 fully saturated rings. The third-order valence-corrected chi connectivity index (χ3v) is 8.21. The molecule has 192 valence electrons. The quantitative estimate of drug-likeness (QED) is 0.435. The first-order valence-corrected chi connectivity index (χ1v) is 13.9. The molecule has 1 amide bonds. The summed E-state index contributed by atoms with van der Waals surface area (Å²) in [7, 11) is 0. The predicted octanol–water partition coefficient (Wildman–Crippen LogP) is 5.67. The normalized spacial score (nSPS) is 19.4. The molecule has 0 radical (unpaired) electrons. The van der Waals surface area contributed by atoms with Crippen LogP contribution in [-0.2, 0) is 6.42 Å². The number of hydrogen-bond donors (Lipinski definition) is 1. The van der Waals surface area contributed by atoms with Crippen molar-refractivity contribution in [3.05, 3.63) is 87.0 Å². The molecule has 1 aromatic heterocycles. The Morgan fingerprint density at radius 2 is 1.62 bits per heavy atom. The highest BCUT2D eigenvalue weighted by Crippen LogP contribution is 2.49. The van der Waals surface area contributed by atoms with Crippen LogP contribution in [-0.4, -0.2) is 38.6 Å². The first kappa shape index (κ1) is 24.0. The number of aromatic nitrogens is 2. The van der Waals surface area contributed by atoms with Gasteiger partial charge in [-0.05, 0) is 67.1 Å². The summed E-state index contributed by atoms with van der Waals surface area (Å²) in [6.45, 7) is 3.19. The SMILES string of the molecule is CCCCc1nc(=O)c(C(=O)N2CC[C@H](c3ccccc3)C2)c(O)n1-c1c(C2CC2)cccc1C1CC1. The molecule has 6 heteroatoms. The van der Waals surface area contributed by atoms with E-state index in [1.807, 2.05) is 18.2 Å². The molecule has 2 aliphatic carbocycles. The molecule has 2 aromatic carbocycles. The highest BCUT2D eigenvalue weighted by Gasteiger charge is 2.36. The fourth-order valence-corrected chi connectivity index (χ4v) is 5.86. The number of amides is 1. The van der Waals surface area contributed by atoms with Crippen molar-refractivity contribution < 1.29 is 9.90 Å². The van der Waals surface area contributed by atoms with Crippen molar-refractivity contribution in [3.8, 4) is 11.6 Å². The average Bonchev–Trinajstić information content (AvgIpc) is 3.85. The second-order valence-corrected chi connectivity index (χ2v) is 11.0. The van der Waals surface area contributed by atoms with Crippen molar-refractivity contribution in [3.63, 3.8) is 0 Å². The summed E-state index contributed by atoms with van der Waals surface area (Å²) in [5.74, 6) is 1.03. The fraction of sp³-hybridized carbons (Fsp3) is 0.452. The molecule has 0 spiro atoms. The smallest absolute Gasteiger partial charge is 0.289 e. The van der Waals surface area contributed by atoms with Gasteiger partial charge in [-0.2, -0.15) is 4.98 Å². The van der Waals surface area contributed by atoms with Crippen LogP contribution in [0.2, 0.25) is 0 Å². The van der Waals surface area contributed by atoms with Gasteiger partial charge in [-0.1, -0.05) is 61.9 Å². The molecule has 2 heterocycles. The number of likely N-dealkylation sites (tertiary alicyclic amines) is 1. The van der Waals surface area contributed by atoms with Crippen molar-refractivity contribution >= 4 is 5.91 Å². The lowest BCUT2D eigenvalue weighted by Crippen LogP contribution is -2.35. The van der Waals surface area contributed by atoms with Gasteiger partial charge in [0, 0.05) is 25.4 Å². The van der Waals surface area contributed by atoms with Crippen LogP contribution in [0.4, 0.5) is 0 Å². The van der Waals surface area contributed by atoms with Crippen molar-refractivity contribution in [2.45, 2.75) is 76.0 Å². The molecule has 1 saturated heterocycles. The fourth-order valence-electron chi connectivity index (χ4n) is 5.86.